The number of carbonyl (C=O) groups is 3. The molecule has 41 heavy (non-hydrogen) atoms. The molecule has 4 rings (SSSR count). The van der Waals surface area contributed by atoms with E-state index in [4.69, 9.17) is 9.47 Å². The predicted octanol–water partition coefficient (Wildman–Crippen LogP) is 4.46. The van der Waals surface area contributed by atoms with Gasteiger partial charge in [-0.15, -0.1) is 0 Å². The maximum absolute atomic E-state index is 13.5. The van der Waals surface area contributed by atoms with Crippen LogP contribution in [0.4, 0.5) is 4.79 Å². The standard InChI is InChI=1S/C33H38N2O6/c1-23(2)20-35(21-30(36)32(38)40-22-25-12-7-4-8-13-25)33(39)34-29(18-24-10-5-3-6-11-24)31(37)41-28-17-16-26-14-9-15-27(26)19-28/h3-8,10-13,16-17,19,23,29-30,36H,9,14-15,18,20-22H2,1-2H3,(H,34,39)/t29-,30?/m0/s1. The lowest BCUT2D eigenvalue weighted by atomic mass is 10.1. The van der Waals surface area contributed by atoms with Gasteiger partial charge in [0.05, 0.1) is 6.54 Å². The molecule has 3 aromatic rings. The van der Waals surface area contributed by atoms with Crippen molar-refractivity contribution in [1.29, 1.82) is 0 Å². The first-order valence-corrected chi connectivity index (χ1v) is 14.1. The van der Waals surface area contributed by atoms with Gasteiger partial charge in [0, 0.05) is 13.0 Å². The minimum absolute atomic E-state index is 0.0147. The second-order valence-corrected chi connectivity index (χ2v) is 10.8. The van der Waals surface area contributed by atoms with E-state index in [-0.39, 0.29) is 32.0 Å². The first-order valence-electron chi connectivity index (χ1n) is 14.1. The van der Waals surface area contributed by atoms with Crippen LogP contribution in [0.5, 0.6) is 5.75 Å². The molecule has 8 heteroatoms. The molecule has 0 fully saturated rings. The summed E-state index contributed by atoms with van der Waals surface area (Å²) in [4.78, 5) is 40.7. The lowest BCUT2D eigenvalue weighted by Gasteiger charge is -2.28. The third-order valence-electron chi connectivity index (χ3n) is 6.92. The predicted molar refractivity (Wildman–Crippen MR) is 155 cm³/mol. The lowest BCUT2D eigenvalue weighted by Crippen LogP contribution is -2.53. The van der Waals surface area contributed by atoms with Gasteiger partial charge < -0.3 is 24.8 Å². The van der Waals surface area contributed by atoms with Crippen molar-refractivity contribution in [2.45, 2.75) is 58.3 Å². The van der Waals surface area contributed by atoms with E-state index >= 15 is 0 Å². The van der Waals surface area contributed by atoms with E-state index in [1.807, 2.05) is 86.6 Å². The van der Waals surface area contributed by atoms with E-state index < -0.39 is 30.1 Å². The minimum atomic E-state index is -1.55. The summed E-state index contributed by atoms with van der Waals surface area (Å²) in [6.07, 6.45) is 1.72. The molecule has 0 aliphatic heterocycles. The summed E-state index contributed by atoms with van der Waals surface area (Å²) >= 11 is 0. The van der Waals surface area contributed by atoms with Crippen LogP contribution >= 0.6 is 0 Å². The Morgan fingerprint density at radius 1 is 0.854 bits per heavy atom. The molecule has 2 atom stereocenters. The number of benzene rings is 3. The molecule has 0 saturated carbocycles. The number of hydrogen-bond donors (Lipinski definition) is 2. The Bertz CT molecular complexity index is 1310. The van der Waals surface area contributed by atoms with Gasteiger partial charge in [0.1, 0.15) is 18.4 Å². The molecule has 8 nitrogen and oxygen atoms in total. The van der Waals surface area contributed by atoms with E-state index in [9.17, 15) is 19.5 Å². The van der Waals surface area contributed by atoms with Crippen molar-refractivity contribution in [2.24, 2.45) is 5.92 Å². The number of esters is 2. The number of hydrogen-bond acceptors (Lipinski definition) is 6. The number of carbonyl (C=O) groups excluding carboxylic acids is 3. The summed E-state index contributed by atoms with van der Waals surface area (Å²) in [5, 5.41) is 13.4. The lowest BCUT2D eigenvalue weighted by molar-refractivity contribution is -0.155. The highest BCUT2D eigenvalue weighted by atomic mass is 16.5. The molecule has 0 saturated heterocycles. The zero-order chi connectivity index (χ0) is 29.2. The van der Waals surface area contributed by atoms with E-state index in [2.05, 4.69) is 5.32 Å². The second-order valence-electron chi connectivity index (χ2n) is 10.8. The largest absolute Gasteiger partial charge is 0.459 e. The van der Waals surface area contributed by atoms with E-state index in [0.29, 0.717) is 5.75 Å². The minimum Gasteiger partial charge on any atom is -0.459 e. The monoisotopic (exact) mass is 558 g/mol. The van der Waals surface area contributed by atoms with Gasteiger partial charge in [0.25, 0.3) is 0 Å². The Morgan fingerprint density at radius 3 is 2.20 bits per heavy atom. The van der Waals surface area contributed by atoms with Crippen LogP contribution in [0.15, 0.2) is 78.9 Å². The molecule has 2 amide bonds. The molecule has 0 spiro atoms. The van der Waals surface area contributed by atoms with Crippen LogP contribution in [-0.4, -0.2) is 53.2 Å². The fourth-order valence-electron chi connectivity index (χ4n) is 4.87. The van der Waals surface area contributed by atoms with Gasteiger partial charge in [-0.25, -0.2) is 14.4 Å². The number of nitrogens with one attached hydrogen (secondary N) is 1. The van der Waals surface area contributed by atoms with E-state index in [0.717, 1.165) is 30.4 Å². The number of aryl methyl sites for hydroxylation is 2. The zero-order valence-electron chi connectivity index (χ0n) is 23.6. The van der Waals surface area contributed by atoms with E-state index in [1.54, 1.807) is 6.07 Å². The molecule has 3 aromatic carbocycles. The highest BCUT2D eigenvalue weighted by Gasteiger charge is 2.29. The number of fused-ring (bicyclic) bond motifs is 1. The average molecular weight is 559 g/mol. The number of amides is 2. The number of ether oxygens (including phenoxy) is 2. The van der Waals surface area contributed by atoms with Crippen LogP contribution in [0.3, 0.4) is 0 Å². The van der Waals surface area contributed by atoms with Crippen LogP contribution in [0.1, 0.15) is 42.5 Å². The van der Waals surface area contributed by atoms with Crippen LogP contribution in [0.2, 0.25) is 0 Å². The first-order chi connectivity index (χ1) is 19.8. The SMILES string of the molecule is CC(C)CN(CC(O)C(=O)OCc1ccccc1)C(=O)N[C@@H](Cc1ccccc1)C(=O)Oc1ccc2c(c1)CCC2. The molecule has 1 aliphatic rings. The molecule has 1 aliphatic carbocycles. The summed E-state index contributed by atoms with van der Waals surface area (Å²) in [7, 11) is 0. The Morgan fingerprint density at radius 2 is 1.51 bits per heavy atom. The second kappa shape index (κ2) is 14.5. The van der Waals surface area contributed by atoms with Gasteiger partial charge in [-0.3, -0.25) is 0 Å². The molecule has 0 radical (unpaired) electrons. The number of rotatable bonds is 12. The average Bonchev–Trinajstić information content (AvgIpc) is 3.44. The molecular weight excluding hydrogens is 520 g/mol. The third kappa shape index (κ3) is 8.91. The number of nitrogens with zero attached hydrogens (tertiary/aromatic N) is 1. The molecule has 216 valence electrons. The molecule has 0 bridgehead atoms. The summed E-state index contributed by atoms with van der Waals surface area (Å²) < 4.78 is 11.0. The highest BCUT2D eigenvalue weighted by Crippen LogP contribution is 2.26. The van der Waals surface area contributed by atoms with E-state index in [1.165, 1.54) is 16.0 Å². The Balaban J connectivity index is 1.44. The molecule has 2 N–H and O–H groups in total. The van der Waals surface area contributed by atoms with Gasteiger partial charge in [-0.05, 0) is 59.6 Å². The van der Waals surface area contributed by atoms with Crippen molar-refractivity contribution in [3.05, 3.63) is 101 Å². The van der Waals surface area contributed by atoms with Gasteiger partial charge in [0.15, 0.2) is 6.10 Å². The van der Waals surface area contributed by atoms with Crippen molar-refractivity contribution < 1.29 is 29.0 Å². The normalized spacial score (nSPS) is 13.7. The van der Waals surface area contributed by atoms with Gasteiger partial charge in [-0.2, -0.15) is 0 Å². The summed E-state index contributed by atoms with van der Waals surface area (Å²) in [5.41, 5.74) is 4.08. The van der Waals surface area contributed by atoms with Gasteiger partial charge in [-0.1, -0.05) is 80.6 Å². The smallest absolute Gasteiger partial charge is 0.337 e. The quantitative estimate of drug-likeness (QED) is 0.251. The van der Waals surface area contributed by atoms with Crippen molar-refractivity contribution in [3.8, 4) is 5.75 Å². The molecule has 0 aromatic heterocycles. The maximum Gasteiger partial charge on any atom is 0.337 e. The maximum atomic E-state index is 13.5. The van der Waals surface area contributed by atoms with Crippen molar-refractivity contribution in [3.63, 3.8) is 0 Å². The Kier molecular flexibility index (Phi) is 10.5. The molecule has 1 unspecified atom stereocenters. The topological polar surface area (TPSA) is 105 Å². The first kappa shape index (κ1) is 29.8. The highest BCUT2D eigenvalue weighted by molar-refractivity contribution is 5.85. The van der Waals surface area contributed by atoms with Crippen LogP contribution in [-0.2, 0) is 40.2 Å². The van der Waals surface area contributed by atoms with Crippen LogP contribution < -0.4 is 10.1 Å². The Hall–Kier alpha value is -4.17. The number of aliphatic hydroxyl groups is 1. The van der Waals surface area contributed by atoms with Crippen molar-refractivity contribution >= 4 is 18.0 Å². The summed E-state index contributed by atoms with van der Waals surface area (Å²) in [6.45, 7) is 3.83. The summed E-state index contributed by atoms with van der Waals surface area (Å²) in [6, 6.07) is 22.6. The number of aliphatic hydroxyl groups excluding tert-OH is 1. The fraction of sp³-hybridized carbons (Fsp3) is 0.364. The van der Waals surface area contributed by atoms with Crippen LogP contribution in [0, 0.1) is 5.92 Å². The number of urea groups is 1. The van der Waals surface area contributed by atoms with Gasteiger partial charge >= 0.3 is 18.0 Å². The van der Waals surface area contributed by atoms with Gasteiger partial charge in [0.2, 0.25) is 0 Å². The summed E-state index contributed by atoms with van der Waals surface area (Å²) in [5.74, 6) is -0.933. The molecule has 0 heterocycles. The van der Waals surface area contributed by atoms with Crippen LogP contribution in [0.25, 0.3) is 0 Å². The molecular formula is C33H38N2O6. The van der Waals surface area contributed by atoms with Crippen molar-refractivity contribution in [2.75, 3.05) is 13.1 Å². The Labute approximate surface area is 241 Å². The zero-order valence-corrected chi connectivity index (χ0v) is 23.6. The fourth-order valence-corrected chi connectivity index (χ4v) is 4.87. The third-order valence-corrected chi connectivity index (χ3v) is 6.92. The van der Waals surface area contributed by atoms with Crippen molar-refractivity contribution in [1.82, 2.24) is 10.2 Å².